The third kappa shape index (κ3) is 2.95. The van der Waals surface area contributed by atoms with Crippen molar-refractivity contribution in [2.75, 3.05) is 12.4 Å². The number of aromatic nitrogens is 2. The number of nitrogens with zero attached hydrogens (tertiary/aromatic N) is 2. The summed E-state index contributed by atoms with van der Waals surface area (Å²) in [7, 11) is 1.44. The van der Waals surface area contributed by atoms with E-state index < -0.39 is 11.8 Å². The summed E-state index contributed by atoms with van der Waals surface area (Å²) in [6, 6.07) is 3.54. The van der Waals surface area contributed by atoms with E-state index in [1.807, 2.05) is 0 Å². The van der Waals surface area contributed by atoms with E-state index in [1.54, 1.807) is 0 Å². The van der Waals surface area contributed by atoms with E-state index in [1.165, 1.54) is 31.6 Å². The summed E-state index contributed by atoms with van der Waals surface area (Å²) in [5, 5.41) is 11.4. The number of carboxylic acids is 1. The Morgan fingerprint density at radius 2 is 2.21 bits per heavy atom. The van der Waals surface area contributed by atoms with E-state index in [-0.39, 0.29) is 17.1 Å². The molecule has 19 heavy (non-hydrogen) atoms. The zero-order chi connectivity index (χ0) is 13.8. The van der Waals surface area contributed by atoms with E-state index in [4.69, 9.17) is 9.84 Å². The van der Waals surface area contributed by atoms with Gasteiger partial charge in [0.05, 0.1) is 30.8 Å². The fourth-order valence-corrected chi connectivity index (χ4v) is 1.39. The standard InChI is InChI=1S/C12H10FN3O3/c1-19-11-6-14-5-10(16-11)15-9-3-2-7(12(17)18)4-8(9)13/h2-6H,1H3,(H,15,16)(H,17,18). The number of methoxy groups -OCH3 is 1. The van der Waals surface area contributed by atoms with Crippen molar-refractivity contribution in [2.45, 2.75) is 0 Å². The molecule has 2 aromatic rings. The van der Waals surface area contributed by atoms with Gasteiger partial charge in [0, 0.05) is 0 Å². The first-order valence-electron chi connectivity index (χ1n) is 5.26. The van der Waals surface area contributed by atoms with Crippen LogP contribution < -0.4 is 10.1 Å². The van der Waals surface area contributed by atoms with Gasteiger partial charge < -0.3 is 15.2 Å². The zero-order valence-corrected chi connectivity index (χ0v) is 9.92. The molecule has 1 aromatic carbocycles. The van der Waals surface area contributed by atoms with Crippen molar-refractivity contribution in [3.8, 4) is 5.88 Å². The Labute approximate surface area is 107 Å². The molecule has 0 aliphatic carbocycles. The molecule has 0 spiro atoms. The van der Waals surface area contributed by atoms with Gasteiger partial charge in [0.15, 0.2) is 5.82 Å². The van der Waals surface area contributed by atoms with Gasteiger partial charge in [0.25, 0.3) is 0 Å². The predicted octanol–water partition coefficient (Wildman–Crippen LogP) is 2.07. The third-order valence-corrected chi connectivity index (χ3v) is 2.30. The molecule has 0 saturated heterocycles. The maximum Gasteiger partial charge on any atom is 0.335 e. The topological polar surface area (TPSA) is 84.3 Å². The summed E-state index contributed by atoms with van der Waals surface area (Å²) >= 11 is 0. The number of hydrogen-bond acceptors (Lipinski definition) is 5. The summed E-state index contributed by atoms with van der Waals surface area (Å²) in [6.45, 7) is 0. The Morgan fingerprint density at radius 3 is 2.84 bits per heavy atom. The molecule has 0 fully saturated rings. The molecule has 2 rings (SSSR count). The number of halogens is 1. The lowest BCUT2D eigenvalue weighted by molar-refractivity contribution is 0.0696. The number of carbonyl (C=O) groups is 1. The van der Waals surface area contributed by atoms with Gasteiger partial charge in [-0.15, -0.1) is 0 Å². The first kappa shape index (κ1) is 12.7. The Kier molecular flexibility index (Phi) is 3.56. The minimum atomic E-state index is -1.19. The number of aromatic carboxylic acids is 1. The van der Waals surface area contributed by atoms with Crippen LogP contribution >= 0.6 is 0 Å². The van der Waals surface area contributed by atoms with Crippen LogP contribution in [-0.4, -0.2) is 28.2 Å². The monoisotopic (exact) mass is 263 g/mol. The smallest absolute Gasteiger partial charge is 0.335 e. The molecular weight excluding hydrogens is 253 g/mol. The van der Waals surface area contributed by atoms with Gasteiger partial charge >= 0.3 is 5.97 Å². The molecule has 1 heterocycles. The van der Waals surface area contributed by atoms with E-state index in [9.17, 15) is 9.18 Å². The van der Waals surface area contributed by atoms with Crippen LogP contribution in [0.25, 0.3) is 0 Å². The number of ether oxygens (including phenoxy) is 1. The molecule has 0 amide bonds. The molecule has 6 nitrogen and oxygen atoms in total. The predicted molar refractivity (Wildman–Crippen MR) is 65.2 cm³/mol. The first-order chi connectivity index (χ1) is 9.10. The largest absolute Gasteiger partial charge is 0.480 e. The van der Waals surface area contributed by atoms with Crippen LogP contribution in [0.15, 0.2) is 30.6 Å². The van der Waals surface area contributed by atoms with E-state index in [0.29, 0.717) is 5.82 Å². The molecule has 98 valence electrons. The van der Waals surface area contributed by atoms with Crippen LogP contribution in [0.2, 0.25) is 0 Å². The fraction of sp³-hybridized carbons (Fsp3) is 0.0833. The van der Waals surface area contributed by atoms with Crippen LogP contribution in [0.4, 0.5) is 15.9 Å². The molecule has 2 N–H and O–H groups in total. The Morgan fingerprint density at radius 1 is 1.42 bits per heavy atom. The minimum absolute atomic E-state index is 0.104. The Balaban J connectivity index is 2.25. The summed E-state index contributed by atoms with van der Waals surface area (Å²) in [5.41, 5.74) is -0.0210. The van der Waals surface area contributed by atoms with Crippen molar-refractivity contribution in [2.24, 2.45) is 0 Å². The van der Waals surface area contributed by atoms with Gasteiger partial charge in [-0.05, 0) is 18.2 Å². The van der Waals surface area contributed by atoms with E-state index in [2.05, 4.69) is 15.3 Å². The van der Waals surface area contributed by atoms with Crippen LogP contribution in [0.3, 0.4) is 0 Å². The summed E-state index contributed by atoms with van der Waals surface area (Å²) in [6.07, 6.45) is 2.81. The van der Waals surface area contributed by atoms with Crippen molar-refractivity contribution in [3.63, 3.8) is 0 Å². The quantitative estimate of drug-likeness (QED) is 0.878. The summed E-state index contributed by atoms with van der Waals surface area (Å²) < 4.78 is 18.6. The normalized spacial score (nSPS) is 10.0. The van der Waals surface area contributed by atoms with Gasteiger partial charge in [0.2, 0.25) is 5.88 Å². The highest BCUT2D eigenvalue weighted by atomic mass is 19.1. The highest BCUT2D eigenvalue weighted by molar-refractivity contribution is 5.88. The average molecular weight is 263 g/mol. The Hall–Kier alpha value is -2.70. The van der Waals surface area contributed by atoms with Crippen LogP contribution in [0, 0.1) is 5.82 Å². The second-order valence-corrected chi connectivity index (χ2v) is 3.57. The van der Waals surface area contributed by atoms with Gasteiger partial charge in [0.1, 0.15) is 5.82 Å². The maximum atomic E-state index is 13.7. The SMILES string of the molecule is COc1cncc(Nc2ccc(C(=O)O)cc2F)n1. The van der Waals surface area contributed by atoms with Gasteiger partial charge in [-0.25, -0.2) is 9.18 Å². The highest BCUT2D eigenvalue weighted by Crippen LogP contribution is 2.20. The molecule has 0 unspecified atom stereocenters. The lowest BCUT2D eigenvalue weighted by atomic mass is 10.2. The van der Waals surface area contributed by atoms with E-state index in [0.717, 1.165) is 6.07 Å². The van der Waals surface area contributed by atoms with Crippen molar-refractivity contribution in [1.29, 1.82) is 0 Å². The second-order valence-electron chi connectivity index (χ2n) is 3.57. The highest BCUT2D eigenvalue weighted by Gasteiger charge is 2.09. The molecule has 0 saturated carbocycles. The third-order valence-electron chi connectivity index (χ3n) is 2.30. The van der Waals surface area contributed by atoms with Crippen LogP contribution in [0.1, 0.15) is 10.4 Å². The molecule has 0 radical (unpaired) electrons. The van der Waals surface area contributed by atoms with Crippen LogP contribution in [-0.2, 0) is 0 Å². The Bertz CT molecular complexity index is 619. The number of hydrogen-bond donors (Lipinski definition) is 2. The molecule has 0 aliphatic rings. The summed E-state index contributed by atoms with van der Waals surface area (Å²) in [5.74, 6) is -1.30. The van der Waals surface area contributed by atoms with Crippen molar-refractivity contribution >= 4 is 17.5 Å². The van der Waals surface area contributed by atoms with Crippen LogP contribution in [0.5, 0.6) is 5.88 Å². The molecule has 0 atom stereocenters. The molecule has 1 aromatic heterocycles. The van der Waals surface area contributed by atoms with Crippen molar-refractivity contribution in [1.82, 2.24) is 9.97 Å². The lowest BCUT2D eigenvalue weighted by Crippen LogP contribution is -2.01. The average Bonchev–Trinajstić information content (AvgIpc) is 2.41. The van der Waals surface area contributed by atoms with Gasteiger partial charge in [-0.2, -0.15) is 4.98 Å². The van der Waals surface area contributed by atoms with Gasteiger partial charge in [-0.1, -0.05) is 0 Å². The molecular formula is C12H10FN3O3. The molecule has 7 heteroatoms. The fourth-order valence-electron chi connectivity index (χ4n) is 1.39. The number of carboxylic acid groups (broad SMARTS) is 1. The maximum absolute atomic E-state index is 13.7. The molecule has 0 aliphatic heterocycles. The number of benzene rings is 1. The lowest BCUT2D eigenvalue weighted by Gasteiger charge is -2.07. The van der Waals surface area contributed by atoms with Gasteiger partial charge in [-0.3, -0.25) is 4.98 Å². The number of rotatable bonds is 4. The number of anilines is 2. The first-order valence-corrected chi connectivity index (χ1v) is 5.26. The minimum Gasteiger partial charge on any atom is -0.480 e. The van der Waals surface area contributed by atoms with Crippen molar-refractivity contribution < 1.29 is 19.0 Å². The molecule has 0 bridgehead atoms. The second kappa shape index (κ2) is 5.30. The zero-order valence-electron chi connectivity index (χ0n) is 9.92. The number of nitrogens with one attached hydrogen (secondary N) is 1. The van der Waals surface area contributed by atoms with E-state index >= 15 is 0 Å². The summed E-state index contributed by atoms with van der Waals surface area (Å²) in [4.78, 5) is 18.5. The van der Waals surface area contributed by atoms with Crippen molar-refractivity contribution in [3.05, 3.63) is 42.0 Å².